The number of amides is 2. The van der Waals surface area contributed by atoms with Crippen LogP contribution in [0.2, 0.25) is 0 Å². The summed E-state index contributed by atoms with van der Waals surface area (Å²) in [5, 5.41) is 0. The molecule has 1 aliphatic heterocycles. The lowest BCUT2D eigenvalue weighted by Crippen LogP contribution is -2.44. The number of carbonyl (C=O) groups is 2. The van der Waals surface area contributed by atoms with E-state index in [0.717, 1.165) is 24.8 Å². The van der Waals surface area contributed by atoms with Gasteiger partial charge < -0.3 is 9.80 Å². The van der Waals surface area contributed by atoms with Crippen molar-refractivity contribution in [2.45, 2.75) is 25.7 Å². The van der Waals surface area contributed by atoms with Crippen molar-refractivity contribution in [1.29, 1.82) is 0 Å². The van der Waals surface area contributed by atoms with Crippen molar-refractivity contribution in [3.63, 3.8) is 0 Å². The highest BCUT2D eigenvalue weighted by atomic mass is 16.2. The van der Waals surface area contributed by atoms with Gasteiger partial charge in [-0.15, -0.1) is 0 Å². The van der Waals surface area contributed by atoms with Crippen LogP contribution in [0.25, 0.3) is 0 Å². The zero-order chi connectivity index (χ0) is 14.4. The molecular formula is C15H21N3O2. The quantitative estimate of drug-likeness (QED) is 0.808. The van der Waals surface area contributed by atoms with Crippen LogP contribution in [0.15, 0.2) is 24.5 Å². The third-order valence-corrected chi connectivity index (χ3v) is 3.66. The lowest BCUT2D eigenvalue weighted by molar-refractivity contribution is -0.141. The molecule has 0 unspecified atom stereocenters. The molecule has 0 spiro atoms. The second-order valence-electron chi connectivity index (χ2n) is 5.19. The average molecular weight is 275 g/mol. The zero-order valence-electron chi connectivity index (χ0n) is 11.9. The van der Waals surface area contributed by atoms with Crippen LogP contribution in [0.5, 0.6) is 0 Å². The van der Waals surface area contributed by atoms with Gasteiger partial charge in [-0.25, -0.2) is 0 Å². The fourth-order valence-electron chi connectivity index (χ4n) is 2.28. The summed E-state index contributed by atoms with van der Waals surface area (Å²) in [5.74, 6) is 0.112. The monoisotopic (exact) mass is 275 g/mol. The molecule has 108 valence electrons. The van der Waals surface area contributed by atoms with E-state index < -0.39 is 0 Å². The molecule has 1 aromatic rings. The summed E-state index contributed by atoms with van der Waals surface area (Å²) in [7, 11) is 1.79. The molecule has 1 fully saturated rings. The summed E-state index contributed by atoms with van der Waals surface area (Å²) < 4.78 is 0. The van der Waals surface area contributed by atoms with Gasteiger partial charge in [0.25, 0.3) is 0 Å². The number of likely N-dealkylation sites (tertiary alicyclic amines) is 1. The number of carbonyl (C=O) groups excluding carboxylic acids is 2. The minimum absolute atomic E-state index is 0.00862. The summed E-state index contributed by atoms with van der Waals surface area (Å²) in [6.45, 7) is 1.58. The number of pyridine rings is 1. The van der Waals surface area contributed by atoms with Crippen LogP contribution < -0.4 is 0 Å². The van der Waals surface area contributed by atoms with Gasteiger partial charge >= 0.3 is 0 Å². The van der Waals surface area contributed by atoms with Gasteiger partial charge in [0.2, 0.25) is 11.8 Å². The van der Waals surface area contributed by atoms with E-state index in [9.17, 15) is 9.59 Å². The first-order chi connectivity index (χ1) is 9.66. The van der Waals surface area contributed by atoms with Crippen LogP contribution in [-0.2, 0) is 16.0 Å². The van der Waals surface area contributed by atoms with Gasteiger partial charge in [-0.1, -0.05) is 0 Å². The number of aromatic nitrogens is 1. The molecule has 0 bridgehead atoms. The zero-order valence-corrected chi connectivity index (χ0v) is 11.9. The second kappa shape index (κ2) is 7.03. The minimum Gasteiger partial charge on any atom is -0.344 e. The maximum Gasteiger partial charge on any atom is 0.241 e. The minimum atomic E-state index is 0.00862. The number of hydrogen-bond acceptors (Lipinski definition) is 3. The Morgan fingerprint density at radius 2 is 2.10 bits per heavy atom. The second-order valence-corrected chi connectivity index (χ2v) is 5.19. The highest BCUT2D eigenvalue weighted by Gasteiger charge is 2.21. The fourth-order valence-corrected chi connectivity index (χ4v) is 2.28. The Kier molecular flexibility index (Phi) is 5.09. The summed E-state index contributed by atoms with van der Waals surface area (Å²) in [6, 6.07) is 3.90. The van der Waals surface area contributed by atoms with Gasteiger partial charge in [0.15, 0.2) is 0 Å². The van der Waals surface area contributed by atoms with E-state index >= 15 is 0 Å². The topological polar surface area (TPSA) is 53.5 Å². The van der Waals surface area contributed by atoms with Crippen molar-refractivity contribution in [2.75, 3.05) is 26.7 Å². The first-order valence-corrected chi connectivity index (χ1v) is 7.07. The van der Waals surface area contributed by atoms with E-state index in [4.69, 9.17) is 0 Å². The van der Waals surface area contributed by atoms with Gasteiger partial charge in [-0.3, -0.25) is 14.6 Å². The highest BCUT2D eigenvalue weighted by Crippen LogP contribution is 2.10. The number of rotatable bonds is 5. The van der Waals surface area contributed by atoms with E-state index in [-0.39, 0.29) is 18.4 Å². The van der Waals surface area contributed by atoms with Gasteiger partial charge in [0.05, 0.1) is 6.54 Å². The van der Waals surface area contributed by atoms with Gasteiger partial charge in [0.1, 0.15) is 0 Å². The Labute approximate surface area is 119 Å². The molecule has 5 nitrogen and oxygen atoms in total. The number of hydrogen-bond donors (Lipinski definition) is 0. The van der Waals surface area contributed by atoms with Gasteiger partial charge in [0, 0.05) is 39.0 Å². The van der Waals surface area contributed by atoms with Gasteiger partial charge in [-0.2, -0.15) is 0 Å². The molecule has 0 aliphatic carbocycles. The Bertz CT molecular complexity index is 461. The summed E-state index contributed by atoms with van der Waals surface area (Å²) in [4.78, 5) is 31.1. The first kappa shape index (κ1) is 14.5. The molecule has 0 aromatic carbocycles. The Morgan fingerprint density at radius 1 is 1.35 bits per heavy atom. The summed E-state index contributed by atoms with van der Waals surface area (Å²) in [6.07, 6.45) is 6.83. The molecule has 0 radical (unpaired) electrons. The van der Waals surface area contributed by atoms with Crippen molar-refractivity contribution in [3.8, 4) is 0 Å². The standard InChI is InChI=1S/C15H21N3O2/c1-17(11-7-13-5-8-16-9-6-13)15(20)12-18-10-3-2-4-14(18)19/h5-6,8-9H,2-4,7,10-12H2,1H3. The van der Waals surface area contributed by atoms with E-state index in [1.807, 2.05) is 12.1 Å². The molecule has 5 heteroatoms. The SMILES string of the molecule is CN(CCc1ccncc1)C(=O)CN1CCCCC1=O. The van der Waals surface area contributed by atoms with Crippen LogP contribution >= 0.6 is 0 Å². The molecule has 2 rings (SSSR count). The first-order valence-electron chi connectivity index (χ1n) is 7.07. The third-order valence-electron chi connectivity index (χ3n) is 3.66. The molecule has 20 heavy (non-hydrogen) atoms. The van der Waals surface area contributed by atoms with Crippen LogP contribution in [0.1, 0.15) is 24.8 Å². The maximum atomic E-state index is 12.1. The smallest absolute Gasteiger partial charge is 0.241 e. The van der Waals surface area contributed by atoms with E-state index in [1.54, 1.807) is 29.2 Å². The van der Waals surface area contributed by atoms with E-state index in [1.165, 1.54) is 0 Å². The number of piperidine rings is 1. The van der Waals surface area contributed by atoms with E-state index in [2.05, 4.69) is 4.98 Å². The van der Waals surface area contributed by atoms with Crippen LogP contribution in [0.4, 0.5) is 0 Å². The number of nitrogens with zero attached hydrogens (tertiary/aromatic N) is 3. The summed E-state index contributed by atoms with van der Waals surface area (Å²) in [5.41, 5.74) is 1.16. The largest absolute Gasteiger partial charge is 0.344 e. The molecule has 2 amide bonds. The van der Waals surface area contributed by atoms with Crippen molar-refractivity contribution < 1.29 is 9.59 Å². The lowest BCUT2D eigenvalue weighted by Gasteiger charge is -2.28. The fraction of sp³-hybridized carbons (Fsp3) is 0.533. The normalized spacial score (nSPS) is 15.2. The van der Waals surface area contributed by atoms with Crippen LogP contribution in [0.3, 0.4) is 0 Å². The molecule has 0 N–H and O–H groups in total. The Hall–Kier alpha value is -1.91. The highest BCUT2D eigenvalue weighted by molar-refractivity contribution is 5.85. The lowest BCUT2D eigenvalue weighted by atomic mass is 10.1. The van der Waals surface area contributed by atoms with Crippen molar-refractivity contribution in [1.82, 2.24) is 14.8 Å². The molecule has 0 atom stereocenters. The third kappa shape index (κ3) is 4.05. The van der Waals surface area contributed by atoms with Gasteiger partial charge in [-0.05, 0) is 37.0 Å². The van der Waals surface area contributed by atoms with Crippen LogP contribution in [-0.4, -0.2) is 53.3 Å². The number of likely N-dealkylation sites (N-methyl/N-ethyl adjacent to an activating group) is 1. The molecule has 1 aliphatic rings. The predicted octanol–water partition coefficient (Wildman–Crippen LogP) is 1.09. The molecule has 1 aromatic heterocycles. The Balaban J connectivity index is 1.78. The maximum absolute atomic E-state index is 12.1. The molecule has 1 saturated heterocycles. The van der Waals surface area contributed by atoms with Crippen molar-refractivity contribution in [3.05, 3.63) is 30.1 Å². The molecule has 0 saturated carbocycles. The molecule has 2 heterocycles. The Morgan fingerprint density at radius 3 is 2.80 bits per heavy atom. The van der Waals surface area contributed by atoms with Crippen molar-refractivity contribution in [2.24, 2.45) is 0 Å². The summed E-state index contributed by atoms with van der Waals surface area (Å²) >= 11 is 0. The van der Waals surface area contributed by atoms with Crippen molar-refractivity contribution >= 4 is 11.8 Å². The predicted molar refractivity (Wildman–Crippen MR) is 76.0 cm³/mol. The molecular weight excluding hydrogens is 254 g/mol. The van der Waals surface area contributed by atoms with E-state index in [0.29, 0.717) is 19.5 Å². The average Bonchev–Trinajstić information content (AvgIpc) is 2.48. The van der Waals surface area contributed by atoms with Crippen LogP contribution in [0, 0.1) is 0 Å².